The highest BCUT2D eigenvalue weighted by atomic mass is 16.5. The molecule has 1 rings (SSSR count). The van der Waals surface area contributed by atoms with Crippen molar-refractivity contribution in [1.29, 1.82) is 0 Å². The smallest absolute Gasteiger partial charge is 0.248 e. The fourth-order valence-electron chi connectivity index (χ4n) is 1.56. The van der Waals surface area contributed by atoms with E-state index in [4.69, 9.17) is 15.6 Å². The summed E-state index contributed by atoms with van der Waals surface area (Å²) in [5, 5.41) is 11.6. The van der Waals surface area contributed by atoms with Crippen molar-refractivity contribution in [3.05, 3.63) is 0 Å². The maximum Gasteiger partial charge on any atom is 0.248 e. The molecule has 3 atom stereocenters. The highest BCUT2D eigenvalue weighted by molar-refractivity contribution is 5.79. The fourth-order valence-corrected chi connectivity index (χ4v) is 1.56. The highest BCUT2D eigenvalue weighted by Gasteiger charge is 2.18. The molecule has 88 valence electrons. The Morgan fingerprint density at radius 1 is 1.67 bits per heavy atom. The Morgan fingerprint density at radius 2 is 2.40 bits per heavy atom. The van der Waals surface area contributed by atoms with Gasteiger partial charge in [-0.1, -0.05) is 0 Å². The quantitative estimate of drug-likeness (QED) is 0.584. The average Bonchev–Trinajstić information content (AvgIpc) is 2.20. The second-order valence-corrected chi connectivity index (χ2v) is 4.05. The van der Waals surface area contributed by atoms with Crippen molar-refractivity contribution >= 4 is 5.91 Å². The molecule has 0 saturated carbocycles. The van der Waals surface area contributed by atoms with Crippen molar-refractivity contribution in [3.63, 3.8) is 0 Å². The number of hydrogen-bond donors (Lipinski definition) is 3. The van der Waals surface area contributed by atoms with Gasteiger partial charge in [-0.2, -0.15) is 0 Å². The minimum Gasteiger partial charge on any atom is -0.384 e. The van der Waals surface area contributed by atoms with E-state index in [0.717, 1.165) is 19.3 Å². The van der Waals surface area contributed by atoms with Gasteiger partial charge >= 0.3 is 0 Å². The zero-order chi connectivity index (χ0) is 11.3. The Kier molecular flexibility index (Phi) is 5.01. The van der Waals surface area contributed by atoms with Gasteiger partial charge < -0.3 is 20.9 Å². The zero-order valence-corrected chi connectivity index (χ0v) is 9.11. The summed E-state index contributed by atoms with van der Waals surface area (Å²) >= 11 is 0. The monoisotopic (exact) mass is 216 g/mol. The van der Waals surface area contributed by atoms with Crippen LogP contribution in [0, 0.1) is 0 Å². The van der Waals surface area contributed by atoms with E-state index in [-0.39, 0.29) is 18.1 Å². The van der Waals surface area contributed by atoms with Crippen molar-refractivity contribution in [3.8, 4) is 0 Å². The van der Waals surface area contributed by atoms with Crippen molar-refractivity contribution in [2.75, 3.05) is 13.2 Å². The molecule has 0 spiro atoms. The number of nitrogens with two attached hydrogens (primary N) is 1. The Bertz CT molecular complexity index is 201. The van der Waals surface area contributed by atoms with Gasteiger partial charge in [-0.05, 0) is 26.2 Å². The molecule has 1 amide bonds. The van der Waals surface area contributed by atoms with Crippen molar-refractivity contribution in [2.45, 2.75) is 44.4 Å². The predicted octanol–water partition coefficient (Wildman–Crippen LogP) is -0.620. The van der Waals surface area contributed by atoms with Crippen LogP contribution in [-0.4, -0.2) is 42.4 Å². The molecule has 5 nitrogen and oxygen atoms in total. The third-order valence-electron chi connectivity index (χ3n) is 2.55. The standard InChI is InChI=1S/C10H20N2O3/c1-7(13)10(14)12-5-4-9-3-2-8(11)6-15-9/h7-9,13H,2-6,11H2,1H3,(H,12,14)/t7-,8-,9+/m1/s1. The number of amides is 1. The zero-order valence-electron chi connectivity index (χ0n) is 9.11. The Hall–Kier alpha value is -0.650. The lowest BCUT2D eigenvalue weighted by atomic mass is 10.0. The van der Waals surface area contributed by atoms with Crippen LogP contribution in [0.2, 0.25) is 0 Å². The Balaban J connectivity index is 2.08. The van der Waals surface area contributed by atoms with Crippen LogP contribution in [0.1, 0.15) is 26.2 Å². The van der Waals surface area contributed by atoms with E-state index in [9.17, 15) is 4.79 Å². The number of aliphatic hydroxyl groups is 1. The van der Waals surface area contributed by atoms with Gasteiger partial charge in [-0.25, -0.2) is 0 Å². The minimum atomic E-state index is -0.939. The van der Waals surface area contributed by atoms with Gasteiger partial charge in [0, 0.05) is 12.6 Å². The first-order valence-electron chi connectivity index (χ1n) is 5.42. The number of rotatable bonds is 4. The van der Waals surface area contributed by atoms with Crippen LogP contribution < -0.4 is 11.1 Å². The molecule has 0 aromatic rings. The second-order valence-electron chi connectivity index (χ2n) is 4.05. The van der Waals surface area contributed by atoms with Crippen LogP contribution in [0.4, 0.5) is 0 Å². The first-order chi connectivity index (χ1) is 7.09. The summed E-state index contributed by atoms with van der Waals surface area (Å²) in [6.45, 7) is 2.60. The molecule has 1 aliphatic rings. The van der Waals surface area contributed by atoms with Gasteiger partial charge in [0.2, 0.25) is 5.91 Å². The normalized spacial score (nSPS) is 28.5. The number of ether oxygens (including phenoxy) is 1. The largest absolute Gasteiger partial charge is 0.384 e. The maximum absolute atomic E-state index is 11.0. The number of carbonyl (C=O) groups excluding carboxylic acids is 1. The molecule has 1 heterocycles. The molecule has 1 fully saturated rings. The molecule has 0 aromatic carbocycles. The Labute approximate surface area is 90.0 Å². The van der Waals surface area contributed by atoms with E-state index in [1.807, 2.05) is 0 Å². The molecule has 0 aromatic heterocycles. The van der Waals surface area contributed by atoms with Gasteiger partial charge in [0.1, 0.15) is 6.10 Å². The molecule has 1 aliphatic heterocycles. The molecule has 0 aliphatic carbocycles. The lowest BCUT2D eigenvalue weighted by molar-refractivity contribution is -0.128. The molecule has 0 radical (unpaired) electrons. The molecular weight excluding hydrogens is 196 g/mol. The summed E-state index contributed by atoms with van der Waals surface area (Å²) in [6.07, 6.45) is 1.97. The van der Waals surface area contributed by atoms with Crippen molar-refractivity contribution in [2.24, 2.45) is 5.73 Å². The molecule has 15 heavy (non-hydrogen) atoms. The predicted molar refractivity (Wildman–Crippen MR) is 56.3 cm³/mol. The van der Waals surface area contributed by atoms with Crippen molar-refractivity contribution in [1.82, 2.24) is 5.32 Å². The van der Waals surface area contributed by atoms with E-state index in [1.165, 1.54) is 6.92 Å². The molecule has 0 unspecified atom stereocenters. The first kappa shape index (κ1) is 12.4. The minimum absolute atomic E-state index is 0.160. The topological polar surface area (TPSA) is 84.6 Å². The lowest BCUT2D eigenvalue weighted by Gasteiger charge is -2.26. The molecule has 1 saturated heterocycles. The van der Waals surface area contributed by atoms with Crippen LogP contribution in [0.3, 0.4) is 0 Å². The highest BCUT2D eigenvalue weighted by Crippen LogP contribution is 2.14. The van der Waals surface area contributed by atoms with Crippen LogP contribution in [0.5, 0.6) is 0 Å². The molecular formula is C10H20N2O3. The number of hydrogen-bond acceptors (Lipinski definition) is 4. The Morgan fingerprint density at radius 3 is 2.93 bits per heavy atom. The molecule has 0 bridgehead atoms. The van der Waals surface area contributed by atoms with E-state index >= 15 is 0 Å². The summed E-state index contributed by atoms with van der Waals surface area (Å²) in [5.41, 5.74) is 5.69. The second kappa shape index (κ2) is 6.05. The van der Waals surface area contributed by atoms with Gasteiger partial charge in [0.05, 0.1) is 12.7 Å². The summed E-state index contributed by atoms with van der Waals surface area (Å²) in [6, 6.07) is 0.160. The van der Waals surface area contributed by atoms with Gasteiger partial charge in [-0.3, -0.25) is 4.79 Å². The van der Waals surface area contributed by atoms with E-state index in [0.29, 0.717) is 13.2 Å². The molecule has 5 heteroatoms. The van der Waals surface area contributed by atoms with Crippen molar-refractivity contribution < 1.29 is 14.6 Å². The van der Waals surface area contributed by atoms with E-state index in [2.05, 4.69) is 5.32 Å². The third kappa shape index (κ3) is 4.59. The van der Waals surface area contributed by atoms with Gasteiger partial charge in [-0.15, -0.1) is 0 Å². The number of aliphatic hydroxyl groups excluding tert-OH is 1. The fraction of sp³-hybridized carbons (Fsp3) is 0.900. The number of nitrogens with one attached hydrogen (secondary N) is 1. The SMILES string of the molecule is C[C@@H](O)C(=O)NCC[C@@H]1CC[C@@H](N)CO1. The summed E-state index contributed by atoms with van der Waals surface area (Å²) in [4.78, 5) is 11.0. The van der Waals surface area contributed by atoms with Crippen LogP contribution in [0.15, 0.2) is 0 Å². The van der Waals surface area contributed by atoms with Crippen LogP contribution in [0.25, 0.3) is 0 Å². The first-order valence-corrected chi connectivity index (χ1v) is 5.42. The summed E-state index contributed by atoms with van der Waals surface area (Å²) in [7, 11) is 0. The number of carbonyl (C=O) groups is 1. The summed E-state index contributed by atoms with van der Waals surface area (Å²) < 4.78 is 5.49. The average molecular weight is 216 g/mol. The van der Waals surface area contributed by atoms with E-state index < -0.39 is 6.10 Å². The van der Waals surface area contributed by atoms with Crippen LogP contribution >= 0.6 is 0 Å². The van der Waals surface area contributed by atoms with Gasteiger partial charge in [0.25, 0.3) is 0 Å². The van der Waals surface area contributed by atoms with E-state index in [1.54, 1.807) is 0 Å². The van der Waals surface area contributed by atoms with Crippen LogP contribution in [-0.2, 0) is 9.53 Å². The van der Waals surface area contributed by atoms with Gasteiger partial charge in [0.15, 0.2) is 0 Å². The maximum atomic E-state index is 11.0. The third-order valence-corrected chi connectivity index (χ3v) is 2.55. The molecule has 4 N–H and O–H groups in total. The summed E-state index contributed by atoms with van der Waals surface area (Å²) in [5.74, 6) is -0.331. The lowest BCUT2D eigenvalue weighted by Crippen LogP contribution is -2.38.